The number of guanidine groups is 1. The quantitative estimate of drug-likeness (QED) is 0.497. The molecule has 0 aliphatic rings. The highest BCUT2D eigenvalue weighted by Gasteiger charge is 2.12. The zero-order valence-electron chi connectivity index (χ0n) is 15.5. The van der Waals surface area contributed by atoms with Gasteiger partial charge in [-0.05, 0) is 50.7 Å². The lowest BCUT2D eigenvalue weighted by Crippen LogP contribution is -2.42. The summed E-state index contributed by atoms with van der Waals surface area (Å²) in [5.41, 5.74) is 0.866. The van der Waals surface area contributed by atoms with Gasteiger partial charge in [0.25, 0.3) is 0 Å². The van der Waals surface area contributed by atoms with Crippen LogP contribution in [0.25, 0.3) is 0 Å². The molecule has 0 aliphatic carbocycles. The molecule has 0 saturated carbocycles. The van der Waals surface area contributed by atoms with Gasteiger partial charge in [0.1, 0.15) is 0 Å². The van der Waals surface area contributed by atoms with Gasteiger partial charge in [-0.15, -0.1) is 11.3 Å². The van der Waals surface area contributed by atoms with E-state index in [2.05, 4.69) is 46.3 Å². The standard InChI is InChI=1S/C18H26N4O2S2/c1-13(10-16-9-8-14(2)25-16)22-18(19-3)21-12-15-6-5-7-17(11-15)26(23,24)20-4/h5-9,11,13,20H,10,12H2,1-4H3,(H2,19,21,22). The van der Waals surface area contributed by atoms with E-state index in [1.807, 2.05) is 6.07 Å². The van der Waals surface area contributed by atoms with Crippen LogP contribution in [-0.2, 0) is 23.0 Å². The third kappa shape index (κ3) is 5.82. The molecule has 0 aliphatic heterocycles. The van der Waals surface area contributed by atoms with E-state index in [9.17, 15) is 8.42 Å². The van der Waals surface area contributed by atoms with Crippen molar-refractivity contribution in [3.63, 3.8) is 0 Å². The SMILES string of the molecule is CN=C(NCc1cccc(S(=O)(=O)NC)c1)NC(C)Cc1ccc(C)s1. The van der Waals surface area contributed by atoms with Crippen LogP contribution in [0.3, 0.4) is 0 Å². The number of sulfonamides is 1. The van der Waals surface area contributed by atoms with Crippen LogP contribution >= 0.6 is 11.3 Å². The number of benzene rings is 1. The van der Waals surface area contributed by atoms with Crippen molar-refractivity contribution < 1.29 is 8.42 Å². The van der Waals surface area contributed by atoms with Crippen molar-refractivity contribution in [1.82, 2.24) is 15.4 Å². The average Bonchev–Trinajstić information content (AvgIpc) is 3.03. The van der Waals surface area contributed by atoms with Crippen molar-refractivity contribution in [2.75, 3.05) is 14.1 Å². The summed E-state index contributed by atoms with van der Waals surface area (Å²) in [6.07, 6.45) is 0.926. The molecule has 0 radical (unpaired) electrons. The van der Waals surface area contributed by atoms with Crippen molar-refractivity contribution in [1.29, 1.82) is 0 Å². The highest BCUT2D eigenvalue weighted by atomic mass is 32.2. The van der Waals surface area contributed by atoms with Gasteiger partial charge < -0.3 is 10.6 Å². The molecule has 0 amide bonds. The first-order chi connectivity index (χ1) is 12.3. The highest BCUT2D eigenvalue weighted by Crippen LogP contribution is 2.16. The molecule has 2 aromatic rings. The monoisotopic (exact) mass is 394 g/mol. The summed E-state index contributed by atoms with van der Waals surface area (Å²) in [7, 11) is -0.312. The van der Waals surface area contributed by atoms with Crippen LogP contribution in [0.1, 0.15) is 22.2 Å². The summed E-state index contributed by atoms with van der Waals surface area (Å²) < 4.78 is 26.1. The summed E-state index contributed by atoms with van der Waals surface area (Å²) in [6, 6.07) is 11.4. The van der Waals surface area contributed by atoms with Gasteiger partial charge in [-0.2, -0.15) is 0 Å². The van der Waals surface area contributed by atoms with Crippen molar-refractivity contribution in [3.8, 4) is 0 Å². The van der Waals surface area contributed by atoms with Gasteiger partial charge in [0.2, 0.25) is 10.0 Å². The maximum absolute atomic E-state index is 11.9. The number of hydrogen-bond acceptors (Lipinski definition) is 4. The zero-order chi connectivity index (χ0) is 19.2. The average molecular weight is 395 g/mol. The fourth-order valence-electron chi connectivity index (χ4n) is 2.50. The van der Waals surface area contributed by atoms with Crippen LogP contribution in [0.2, 0.25) is 0 Å². The first-order valence-electron chi connectivity index (χ1n) is 8.39. The molecule has 8 heteroatoms. The Balaban J connectivity index is 1.93. The number of aryl methyl sites for hydroxylation is 1. The van der Waals surface area contributed by atoms with Crippen LogP contribution in [0, 0.1) is 6.92 Å². The number of nitrogens with one attached hydrogen (secondary N) is 3. The summed E-state index contributed by atoms with van der Waals surface area (Å²) in [4.78, 5) is 7.15. The van der Waals surface area contributed by atoms with E-state index in [1.54, 1.807) is 36.6 Å². The van der Waals surface area contributed by atoms with E-state index in [0.29, 0.717) is 12.5 Å². The summed E-state index contributed by atoms with van der Waals surface area (Å²) >= 11 is 1.80. The lowest BCUT2D eigenvalue weighted by Gasteiger charge is -2.17. The van der Waals surface area contributed by atoms with E-state index < -0.39 is 10.0 Å². The first kappa shape index (κ1) is 20.4. The number of aliphatic imine (C=N–C) groups is 1. The minimum Gasteiger partial charge on any atom is -0.354 e. The van der Waals surface area contributed by atoms with Crippen molar-refractivity contribution in [2.24, 2.45) is 4.99 Å². The maximum atomic E-state index is 11.9. The molecule has 2 rings (SSSR count). The number of thiophene rings is 1. The van der Waals surface area contributed by atoms with Crippen LogP contribution in [0.5, 0.6) is 0 Å². The molecular formula is C18H26N4O2S2. The molecule has 0 fully saturated rings. The second-order valence-electron chi connectivity index (χ2n) is 6.04. The number of rotatable bonds is 7. The van der Waals surface area contributed by atoms with Crippen LogP contribution < -0.4 is 15.4 Å². The van der Waals surface area contributed by atoms with E-state index in [4.69, 9.17) is 0 Å². The molecule has 1 atom stereocenters. The van der Waals surface area contributed by atoms with Gasteiger partial charge in [0.05, 0.1) is 4.90 Å². The molecule has 142 valence electrons. The second-order valence-corrected chi connectivity index (χ2v) is 9.30. The lowest BCUT2D eigenvalue weighted by molar-refractivity contribution is 0.588. The Bertz CT molecular complexity index is 860. The molecular weight excluding hydrogens is 368 g/mol. The van der Waals surface area contributed by atoms with Gasteiger partial charge in [-0.1, -0.05) is 12.1 Å². The summed E-state index contributed by atoms with van der Waals surface area (Å²) in [5, 5.41) is 6.60. The smallest absolute Gasteiger partial charge is 0.240 e. The van der Waals surface area contributed by atoms with E-state index >= 15 is 0 Å². The Morgan fingerprint density at radius 3 is 2.65 bits per heavy atom. The number of hydrogen-bond donors (Lipinski definition) is 3. The topological polar surface area (TPSA) is 82.6 Å². The van der Waals surface area contributed by atoms with Gasteiger partial charge in [0.15, 0.2) is 5.96 Å². The first-order valence-corrected chi connectivity index (χ1v) is 10.7. The van der Waals surface area contributed by atoms with Gasteiger partial charge in [0, 0.05) is 35.8 Å². The molecule has 0 spiro atoms. The lowest BCUT2D eigenvalue weighted by atomic mass is 10.2. The molecule has 1 aromatic heterocycles. The van der Waals surface area contributed by atoms with Crippen LogP contribution in [0.15, 0.2) is 46.3 Å². The van der Waals surface area contributed by atoms with E-state index in [1.165, 1.54) is 16.8 Å². The second kappa shape index (κ2) is 9.16. The molecule has 6 nitrogen and oxygen atoms in total. The Hall–Kier alpha value is -1.90. The summed E-state index contributed by atoms with van der Waals surface area (Å²) in [5.74, 6) is 0.688. The minimum absolute atomic E-state index is 0.232. The van der Waals surface area contributed by atoms with Crippen LogP contribution in [0.4, 0.5) is 0 Å². The Morgan fingerprint density at radius 2 is 2.04 bits per heavy atom. The molecule has 1 heterocycles. The highest BCUT2D eigenvalue weighted by molar-refractivity contribution is 7.89. The molecule has 3 N–H and O–H groups in total. The Labute approximate surface area is 159 Å². The van der Waals surface area contributed by atoms with Crippen LogP contribution in [-0.4, -0.2) is 34.5 Å². The predicted molar refractivity (Wildman–Crippen MR) is 108 cm³/mol. The fourth-order valence-corrected chi connectivity index (χ4v) is 4.32. The molecule has 0 saturated heterocycles. The largest absolute Gasteiger partial charge is 0.354 e. The van der Waals surface area contributed by atoms with E-state index in [0.717, 1.165) is 12.0 Å². The Morgan fingerprint density at radius 1 is 1.27 bits per heavy atom. The van der Waals surface area contributed by atoms with Crippen molar-refractivity contribution >= 4 is 27.3 Å². The van der Waals surface area contributed by atoms with Crippen molar-refractivity contribution in [2.45, 2.75) is 37.8 Å². The maximum Gasteiger partial charge on any atom is 0.240 e. The predicted octanol–water partition coefficient (Wildman–Crippen LogP) is 2.26. The minimum atomic E-state index is -3.44. The molecule has 26 heavy (non-hydrogen) atoms. The molecule has 1 unspecified atom stereocenters. The fraction of sp³-hybridized carbons (Fsp3) is 0.389. The normalized spacial score (nSPS) is 13.5. The molecule has 0 bridgehead atoms. The third-order valence-electron chi connectivity index (χ3n) is 3.85. The third-order valence-corrected chi connectivity index (χ3v) is 6.28. The summed E-state index contributed by atoms with van der Waals surface area (Å²) in [6.45, 7) is 4.70. The van der Waals surface area contributed by atoms with Gasteiger partial charge >= 0.3 is 0 Å². The molecule has 1 aromatic carbocycles. The van der Waals surface area contributed by atoms with Gasteiger partial charge in [-0.3, -0.25) is 4.99 Å². The van der Waals surface area contributed by atoms with Gasteiger partial charge in [-0.25, -0.2) is 13.1 Å². The van der Waals surface area contributed by atoms with E-state index in [-0.39, 0.29) is 10.9 Å². The Kier molecular flexibility index (Phi) is 7.19. The van der Waals surface area contributed by atoms with Crippen molar-refractivity contribution in [3.05, 3.63) is 51.7 Å². The zero-order valence-corrected chi connectivity index (χ0v) is 17.2. The number of nitrogens with zero attached hydrogens (tertiary/aromatic N) is 1.